The number of amides is 1. The number of carbonyl (C=O) groups excluding carboxylic acids is 1. The van der Waals surface area contributed by atoms with Gasteiger partial charge in [0.05, 0.1) is 5.69 Å². The lowest BCUT2D eigenvalue weighted by atomic mass is 9.96. The third-order valence-corrected chi connectivity index (χ3v) is 4.46. The Balaban J connectivity index is 1.58. The van der Waals surface area contributed by atoms with Gasteiger partial charge in [0.25, 0.3) is 5.91 Å². The summed E-state index contributed by atoms with van der Waals surface area (Å²) in [6.07, 6.45) is 5.87. The molecule has 6 nitrogen and oxygen atoms in total. The smallest absolute Gasteiger partial charge is 0.276 e. The highest BCUT2D eigenvalue weighted by molar-refractivity contribution is 6.04. The Hall–Kier alpha value is -3.02. The van der Waals surface area contributed by atoms with E-state index in [1.807, 2.05) is 37.3 Å². The van der Waals surface area contributed by atoms with Crippen molar-refractivity contribution in [1.82, 2.24) is 20.2 Å². The number of fused-ring (bicyclic) bond motifs is 1. The molecule has 25 heavy (non-hydrogen) atoms. The van der Waals surface area contributed by atoms with Gasteiger partial charge in [0, 0.05) is 28.7 Å². The van der Waals surface area contributed by atoms with Gasteiger partial charge in [-0.15, -0.1) is 0 Å². The number of nitrogens with zero attached hydrogens (tertiary/aromatic N) is 3. The van der Waals surface area contributed by atoms with Crippen LogP contribution in [0.15, 0.2) is 36.5 Å². The molecule has 0 bridgehead atoms. The molecule has 1 aliphatic rings. The Labute approximate surface area is 145 Å². The van der Waals surface area contributed by atoms with E-state index >= 15 is 0 Å². The molecule has 0 saturated heterocycles. The van der Waals surface area contributed by atoms with E-state index in [0.717, 1.165) is 59.7 Å². The molecule has 2 heterocycles. The van der Waals surface area contributed by atoms with Gasteiger partial charge in [-0.1, -0.05) is 12.1 Å². The zero-order valence-corrected chi connectivity index (χ0v) is 14.0. The first-order valence-corrected chi connectivity index (χ1v) is 8.48. The van der Waals surface area contributed by atoms with Gasteiger partial charge in [0.15, 0.2) is 5.69 Å². The number of anilines is 1. The van der Waals surface area contributed by atoms with Crippen molar-refractivity contribution in [3.05, 3.63) is 59.3 Å². The molecule has 2 N–H and O–H groups in total. The molecule has 0 unspecified atom stereocenters. The summed E-state index contributed by atoms with van der Waals surface area (Å²) in [5.74, 6) is 0.547. The van der Waals surface area contributed by atoms with Crippen molar-refractivity contribution in [2.24, 2.45) is 0 Å². The molecule has 1 amide bonds. The number of aromatic nitrogens is 4. The Morgan fingerprint density at radius 3 is 2.96 bits per heavy atom. The maximum Gasteiger partial charge on any atom is 0.276 e. The predicted octanol–water partition coefficient (Wildman–Crippen LogP) is 3.31. The molecule has 0 aliphatic heterocycles. The Kier molecular flexibility index (Phi) is 4.01. The second-order valence-corrected chi connectivity index (χ2v) is 6.26. The number of aryl methyl sites for hydroxylation is 2. The number of benzene rings is 1. The minimum Gasteiger partial charge on any atom is -0.321 e. The number of hydrogen-bond acceptors (Lipinski definition) is 4. The van der Waals surface area contributed by atoms with Crippen molar-refractivity contribution in [2.45, 2.75) is 32.6 Å². The van der Waals surface area contributed by atoms with Crippen LogP contribution in [0, 0.1) is 6.92 Å². The van der Waals surface area contributed by atoms with Crippen LogP contribution in [0.5, 0.6) is 0 Å². The summed E-state index contributed by atoms with van der Waals surface area (Å²) in [5.41, 5.74) is 5.17. The maximum absolute atomic E-state index is 12.6. The summed E-state index contributed by atoms with van der Waals surface area (Å²) in [7, 11) is 0. The van der Waals surface area contributed by atoms with Crippen molar-refractivity contribution >= 4 is 11.6 Å². The van der Waals surface area contributed by atoms with Gasteiger partial charge in [0.2, 0.25) is 0 Å². The first-order valence-electron chi connectivity index (χ1n) is 8.48. The molecule has 126 valence electrons. The average molecular weight is 333 g/mol. The van der Waals surface area contributed by atoms with Crippen molar-refractivity contribution < 1.29 is 4.79 Å². The van der Waals surface area contributed by atoms with E-state index in [2.05, 4.69) is 25.5 Å². The second-order valence-electron chi connectivity index (χ2n) is 6.26. The van der Waals surface area contributed by atoms with Crippen LogP contribution in [0.2, 0.25) is 0 Å². The van der Waals surface area contributed by atoms with Crippen LogP contribution >= 0.6 is 0 Å². The fourth-order valence-corrected chi connectivity index (χ4v) is 3.23. The van der Waals surface area contributed by atoms with Gasteiger partial charge >= 0.3 is 0 Å². The molecule has 0 atom stereocenters. The summed E-state index contributed by atoms with van der Waals surface area (Å²) in [5, 5.41) is 10.2. The quantitative estimate of drug-likeness (QED) is 0.770. The van der Waals surface area contributed by atoms with Crippen molar-refractivity contribution in [2.75, 3.05) is 5.32 Å². The van der Waals surface area contributed by atoms with Crippen LogP contribution in [0.1, 0.15) is 40.4 Å². The molecule has 2 aromatic heterocycles. The third-order valence-electron chi connectivity index (χ3n) is 4.46. The molecule has 0 saturated carbocycles. The molecule has 0 radical (unpaired) electrons. The van der Waals surface area contributed by atoms with E-state index < -0.39 is 0 Å². The minimum atomic E-state index is -0.171. The molecule has 0 spiro atoms. The third kappa shape index (κ3) is 3.15. The molecule has 1 aliphatic carbocycles. The molecular weight excluding hydrogens is 314 g/mol. The molecule has 6 heteroatoms. The van der Waals surface area contributed by atoms with E-state index in [0.29, 0.717) is 5.69 Å². The van der Waals surface area contributed by atoms with Gasteiger partial charge in [0.1, 0.15) is 5.82 Å². The second kappa shape index (κ2) is 6.47. The van der Waals surface area contributed by atoms with Crippen LogP contribution in [-0.4, -0.2) is 26.1 Å². The summed E-state index contributed by atoms with van der Waals surface area (Å²) < 4.78 is 0. The summed E-state index contributed by atoms with van der Waals surface area (Å²) in [6, 6.07) is 9.52. The highest BCUT2D eigenvalue weighted by Crippen LogP contribution is 2.24. The van der Waals surface area contributed by atoms with Gasteiger partial charge in [-0.3, -0.25) is 9.89 Å². The number of rotatable bonds is 3. The van der Waals surface area contributed by atoms with Gasteiger partial charge in [-0.2, -0.15) is 5.10 Å². The maximum atomic E-state index is 12.6. The first-order chi connectivity index (χ1) is 12.2. The molecule has 4 rings (SSSR count). The lowest BCUT2D eigenvalue weighted by molar-refractivity contribution is 0.102. The van der Waals surface area contributed by atoms with Gasteiger partial charge < -0.3 is 5.32 Å². The van der Waals surface area contributed by atoms with Crippen molar-refractivity contribution in [3.8, 4) is 11.3 Å². The Bertz CT molecular complexity index is 931. The Morgan fingerprint density at radius 2 is 2.08 bits per heavy atom. The number of aromatic amines is 1. The number of hydrogen-bond donors (Lipinski definition) is 2. The van der Waals surface area contributed by atoms with Crippen LogP contribution in [-0.2, 0) is 12.8 Å². The normalized spacial score (nSPS) is 13.3. The largest absolute Gasteiger partial charge is 0.321 e. The zero-order valence-electron chi connectivity index (χ0n) is 14.0. The summed E-state index contributed by atoms with van der Waals surface area (Å²) >= 11 is 0. The number of carbonyl (C=O) groups is 1. The van der Waals surface area contributed by atoms with Crippen molar-refractivity contribution in [3.63, 3.8) is 0 Å². The van der Waals surface area contributed by atoms with Crippen LogP contribution in [0.3, 0.4) is 0 Å². The summed E-state index contributed by atoms with van der Waals surface area (Å²) in [6.45, 7) is 1.86. The summed E-state index contributed by atoms with van der Waals surface area (Å²) in [4.78, 5) is 21.2. The predicted molar refractivity (Wildman–Crippen MR) is 95.4 cm³/mol. The van der Waals surface area contributed by atoms with Crippen LogP contribution < -0.4 is 5.32 Å². The molecule has 1 aromatic carbocycles. The highest BCUT2D eigenvalue weighted by Gasteiger charge is 2.21. The van der Waals surface area contributed by atoms with E-state index in [-0.39, 0.29) is 5.91 Å². The lowest BCUT2D eigenvalue weighted by Crippen LogP contribution is -2.15. The van der Waals surface area contributed by atoms with Crippen LogP contribution in [0.4, 0.5) is 5.69 Å². The number of H-pyrrole nitrogens is 1. The fraction of sp³-hybridized carbons (Fsp3) is 0.263. The van der Waals surface area contributed by atoms with E-state index in [1.165, 1.54) is 0 Å². The van der Waals surface area contributed by atoms with E-state index in [4.69, 9.17) is 0 Å². The zero-order chi connectivity index (χ0) is 17.2. The highest BCUT2D eigenvalue weighted by atomic mass is 16.1. The number of nitrogens with one attached hydrogen (secondary N) is 2. The topological polar surface area (TPSA) is 83.6 Å². The van der Waals surface area contributed by atoms with E-state index in [9.17, 15) is 4.79 Å². The minimum absolute atomic E-state index is 0.171. The van der Waals surface area contributed by atoms with Gasteiger partial charge in [-0.25, -0.2) is 9.97 Å². The Morgan fingerprint density at radius 1 is 1.20 bits per heavy atom. The van der Waals surface area contributed by atoms with E-state index in [1.54, 1.807) is 6.20 Å². The lowest BCUT2D eigenvalue weighted by Gasteiger charge is -2.11. The molecular formula is C19H19N5O. The molecule has 3 aromatic rings. The first kappa shape index (κ1) is 15.5. The average Bonchev–Trinajstić information content (AvgIpc) is 3.06. The molecule has 0 fully saturated rings. The standard InChI is InChI=1S/C19H19N5O/c1-12-20-10-9-16(21-12)13-5-4-6-14(11-13)22-19(25)18-15-7-2-3-8-17(15)23-24-18/h4-6,9-11H,2-3,7-8H2,1H3,(H,22,25)(H,23,24). The monoisotopic (exact) mass is 333 g/mol. The SMILES string of the molecule is Cc1nccc(-c2cccc(NC(=O)c3n[nH]c4c3CCCC4)c2)n1. The van der Waals surface area contributed by atoms with Gasteiger partial charge in [-0.05, 0) is 50.8 Å². The van der Waals surface area contributed by atoms with Crippen molar-refractivity contribution in [1.29, 1.82) is 0 Å². The van der Waals surface area contributed by atoms with Crippen LogP contribution in [0.25, 0.3) is 11.3 Å². The fourth-order valence-electron chi connectivity index (χ4n) is 3.23.